The predicted molar refractivity (Wildman–Crippen MR) is 120 cm³/mol. The number of halogens is 2. The van der Waals surface area contributed by atoms with E-state index < -0.39 is 16.6 Å². The normalized spacial score (nSPS) is 10.9. The molecule has 0 unspecified atom stereocenters. The Bertz CT molecular complexity index is 992. The Labute approximate surface area is 187 Å². The number of ether oxygens (including phenoxy) is 1. The third kappa shape index (κ3) is 5.32. The van der Waals surface area contributed by atoms with Gasteiger partial charge in [-0.1, -0.05) is 0 Å². The maximum absolute atomic E-state index is 12.4. The van der Waals surface area contributed by atoms with Crippen LogP contribution in [0.1, 0.15) is 12.5 Å². The van der Waals surface area contributed by atoms with E-state index in [4.69, 9.17) is 4.74 Å². The first-order chi connectivity index (χ1) is 13.3. The second-order valence-corrected chi connectivity index (χ2v) is 7.65. The summed E-state index contributed by atoms with van der Waals surface area (Å²) in [7, 11) is 0. The number of carbonyl (C=O) groups excluding carboxylic acids is 1. The van der Waals surface area contributed by atoms with Crippen LogP contribution in [0.25, 0.3) is 6.08 Å². The smallest absolute Gasteiger partial charge is 0.273 e. The molecule has 1 amide bonds. The Morgan fingerprint density at radius 3 is 2.50 bits per heavy atom. The highest BCUT2D eigenvalue weighted by molar-refractivity contribution is 14.1. The van der Waals surface area contributed by atoms with Crippen molar-refractivity contribution in [1.82, 2.24) is 0 Å². The number of nitriles is 1. The number of nitro benzene ring substituents is 1. The number of phenols is 1. The third-order valence-electron chi connectivity index (χ3n) is 3.43. The minimum Gasteiger partial charge on any atom is -0.506 e. The lowest BCUT2D eigenvalue weighted by Crippen LogP contribution is -2.13. The zero-order chi connectivity index (χ0) is 20.8. The summed E-state index contributed by atoms with van der Waals surface area (Å²) in [4.78, 5) is 22.4. The summed E-state index contributed by atoms with van der Waals surface area (Å²) in [6.07, 6.45) is 1.41. The monoisotopic (exact) mass is 605 g/mol. The van der Waals surface area contributed by atoms with Crippen molar-refractivity contribution in [1.29, 1.82) is 5.26 Å². The number of nitrogens with one attached hydrogen (secondary N) is 1. The number of nitrogens with zero attached hydrogens (tertiary/aromatic N) is 2. The van der Waals surface area contributed by atoms with Gasteiger partial charge >= 0.3 is 0 Å². The summed E-state index contributed by atoms with van der Waals surface area (Å²) in [5.74, 6) is -0.477. The van der Waals surface area contributed by atoms with Crippen LogP contribution >= 0.6 is 45.2 Å². The minimum absolute atomic E-state index is 0.0346. The van der Waals surface area contributed by atoms with Crippen molar-refractivity contribution in [2.24, 2.45) is 0 Å². The van der Waals surface area contributed by atoms with Crippen LogP contribution in [0.2, 0.25) is 0 Å². The summed E-state index contributed by atoms with van der Waals surface area (Å²) >= 11 is 4.22. The number of aromatic hydroxyl groups is 1. The average molecular weight is 605 g/mol. The topological polar surface area (TPSA) is 125 Å². The number of nitro groups is 1. The summed E-state index contributed by atoms with van der Waals surface area (Å²) in [6, 6.07) is 8.64. The van der Waals surface area contributed by atoms with Crippen molar-refractivity contribution in [3.63, 3.8) is 0 Å². The summed E-state index contributed by atoms with van der Waals surface area (Å²) in [5, 5.41) is 32.3. The average Bonchev–Trinajstić information content (AvgIpc) is 2.64. The van der Waals surface area contributed by atoms with Crippen molar-refractivity contribution < 1.29 is 19.6 Å². The van der Waals surface area contributed by atoms with E-state index in [9.17, 15) is 25.3 Å². The molecule has 10 heteroatoms. The molecule has 0 aliphatic carbocycles. The molecular formula is C18H13I2N3O5. The molecule has 28 heavy (non-hydrogen) atoms. The van der Waals surface area contributed by atoms with Crippen molar-refractivity contribution >= 4 is 68.5 Å². The Morgan fingerprint density at radius 2 is 2.00 bits per heavy atom. The molecular weight excluding hydrogens is 592 g/mol. The first kappa shape index (κ1) is 21.9. The van der Waals surface area contributed by atoms with E-state index in [-0.39, 0.29) is 16.9 Å². The number of hydrogen-bond acceptors (Lipinski definition) is 6. The van der Waals surface area contributed by atoms with Gasteiger partial charge in [0.15, 0.2) is 0 Å². The first-order valence-corrected chi connectivity index (χ1v) is 9.95. The largest absolute Gasteiger partial charge is 0.506 e. The van der Waals surface area contributed by atoms with Gasteiger partial charge in [0.25, 0.3) is 11.6 Å². The van der Waals surface area contributed by atoms with Gasteiger partial charge in [0.2, 0.25) is 0 Å². The molecule has 0 aliphatic heterocycles. The molecule has 0 aliphatic rings. The SMILES string of the molecule is CCOc1c(I)cc(/C=C(\C#N)C(=O)Nc2ccc([N+](=O)[O-])cc2O)cc1I. The number of non-ortho nitro benzene ring substituents is 1. The molecule has 0 aromatic heterocycles. The number of amides is 1. The molecule has 0 radical (unpaired) electrons. The van der Waals surface area contributed by atoms with Crippen molar-refractivity contribution in [2.45, 2.75) is 6.92 Å². The van der Waals surface area contributed by atoms with E-state index in [1.807, 2.05) is 13.0 Å². The van der Waals surface area contributed by atoms with Crippen LogP contribution in [-0.4, -0.2) is 22.5 Å². The van der Waals surface area contributed by atoms with Crippen LogP contribution in [0.5, 0.6) is 11.5 Å². The standard InChI is InChI=1S/C18H13I2N3O5/c1-2-28-17-13(19)6-10(7-14(17)20)5-11(9-21)18(25)22-15-4-3-12(23(26)27)8-16(15)24/h3-8,24H,2H2,1H3,(H,22,25)/b11-5+. The number of anilines is 1. The Balaban J connectivity index is 2.29. The second kappa shape index (κ2) is 9.69. The number of benzene rings is 2. The zero-order valence-electron chi connectivity index (χ0n) is 14.4. The second-order valence-electron chi connectivity index (χ2n) is 5.33. The van der Waals surface area contributed by atoms with Crippen LogP contribution in [0.15, 0.2) is 35.9 Å². The van der Waals surface area contributed by atoms with Gasteiger partial charge in [-0.2, -0.15) is 5.26 Å². The van der Waals surface area contributed by atoms with Crippen molar-refractivity contribution in [3.05, 3.63) is 58.7 Å². The molecule has 0 bridgehead atoms. The van der Waals surface area contributed by atoms with Crippen molar-refractivity contribution in [2.75, 3.05) is 11.9 Å². The number of carbonyl (C=O) groups is 1. The van der Waals surface area contributed by atoms with Crippen LogP contribution in [-0.2, 0) is 4.79 Å². The molecule has 0 saturated carbocycles. The Morgan fingerprint density at radius 1 is 1.36 bits per heavy atom. The number of rotatable bonds is 6. The summed E-state index contributed by atoms with van der Waals surface area (Å²) < 4.78 is 7.24. The van der Waals surface area contributed by atoms with E-state index in [2.05, 4.69) is 50.5 Å². The molecule has 2 aromatic rings. The molecule has 0 heterocycles. The highest BCUT2D eigenvalue weighted by atomic mass is 127. The highest BCUT2D eigenvalue weighted by Crippen LogP contribution is 2.31. The predicted octanol–water partition coefficient (Wildman–Crippen LogP) is 4.45. The van der Waals surface area contributed by atoms with E-state index >= 15 is 0 Å². The van der Waals surface area contributed by atoms with Gasteiger partial charge in [0, 0.05) is 6.07 Å². The van der Waals surface area contributed by atoms with Gasteiger partial charge in [-0.05, 0) is 81.9 Å². The minimum atomic E-state index is -0.745. The molecule has 8 nitrogen and oxygen atoms in total. The van der Waals surface area contributed by atoms with E-state index in [0.29, 0.717) is 12.2 Å². The fourth-order valence-corrected chi connectivity index (χ4v) is 4.32. The van der Waals surface area contributed by atoms with E-state index in [0.717, 1.165) is 25.0 Å². The van der Waals surface area contributed by atoms with E-state index in [1.54, 1.807) is 12.1 Å². The van der Waals surface area contributed by atoms with Crippen LogP contribution in [0.3, 0.4) is 0 Å². The molecule has 0 fully saturated rings. The van der Waals surface area contributed by atoms with Gasteiger partial charge in [-0.15, -0.1) is 0 Å². The number of phenolic OH excluding ortho intramolecular Hbond substituents is 1. The molecule has 2 aromatic carbocycles. The summed E-state index contributed by atoms with van der Waals surface area (Å²) in [5.41, 5.74) is 0.100. The maximum Gasteiger partial charge on any atom is 0.273 e. The quantitative estimate of drug-likeness (QED) is 0.125. The molecule has 0 atom stereocenters. The fourth-order valence-electron chi connectivity index (χ4n) is 2.19. The maximum atomic E-state index is 12.4. The zero-order valence-corrected chi connectivity index (χ0v) is 18.7. The van der Waals surface area contributed by atoms with Gasteiger partial charge < -0.3 is 15.2 Å². The fraction of sp³-hybridized carbons (Fsp3) is 0.111. The lowest BCUT2D eigenvalue weighted by Gasteiger charge is -2.10. The van der Waals surface area contributed by atoms with Crippen LogP contribution in [0, 0.1) is 28.6 Å². The highest BCUT2D eigenvalue weighted by Gasteiger charge is 2.16. The lowest BCUT2D eigenvalue weighted by atomic mass is 10.1. The molecule has 0 saturated heterocycles. The summed E-state index contributed by atoms with van der Waals surface area (Å²) in [6.45, 7) is 2.40. The van der Waals surface area contributed by atoms with Gasteiger partial charge in [-0.3, -0.25) is 14.9 Å². The first-order valence-electron chi connectivity index (χ1n) is 7.79. The Hall–Kier alpha value is -2.40. The van der Waals surface area contributed by atoms with Gasteiger partial charge in [-0.25, -0.2) is 0 Å². The van der Waals surface area contributed by atoms with Crippen LogP contribution < -0.4 is 10.1 Å². The molecule has 144 valence electrons. The Kier molecular flexibility index (Phi) is 7.58. The van der Waals surface area contributed by atoms with E-state index in [1.165, 1.54) is 12.1 Å². The molecule has 0 spiro atoms. The van der Waals surface area contributed by atoms with Gasteiger partial charge in [0.05, 0.1) is 30.4 Å². The van der Waals surface area contributed by atoms with Crippen molar-refractivity contribution in [3.8, 4) is 17.6 Å². The number of hydrogen-bond donors (Lipinski definition) is 2. The molecule has 2 N–H and O–H groups in total. The lowest BCUT2D eigenvalue weighted by molar-refractivity contribution is -0.384. The van der Waals surface area contributed by atoms with Gasteiger partial charge in [0.1, 0.15) is 23.1 Å². The third-order valence-corrected chi connectivity index (χ3v) is 5.03. The van der Waals surface area contributed by atoms with Crippen LogP contribution in [0.4, 0.5) is 11.4 Å². The molecule has 2 rings (SSSR count).